The summed E-state index contributed by atoms with van der Waals surface area (Å²) in [6, 6.07) is 11.6. The Balaban J connectivity index is 2.04. The molecule has 5 heteroatoms. The van der Waals surface area contributed by atoms with Gasteiger partial charge in [-0.3, -0.25) is 0 Å². The number of para-hydroxylation sites is 1. The highest BCUT2D eigenvalue weighted by Crippen LogP contribution is 2.26. The van der Waals surface area contributed by atoms with Gasteiger partial charge in [0.25, 0.3) is 0 Å². The van der Waals surface area contributed by atoms with Crippen LogP contribution in [0.2, 0.25) is 0 Å². The predicted molar refractivity (Wildman–Crippen MR) is 70.3 cm³/mol. The van der Waals surface area contributed by atoms with Gasteiger partial charge in [0.2, 0.25) is 0 Å². The molecule has 90 valence electrons. The van der Waals surface area contributed by atoms with Gasteiger partial charge in [-0.15, -0.1) is 11.3 Å². The number of carbonyl (C=O) groups excluding carboxylic acids is 1. The molecule has 4 nitrogen and oxygen atoms in total. The molecule has 3 rings (SSSR count). The van der Waals surface area contributed by atoms with Gasteiger partial charge in [0.05, 0.1) is 17.5 Å². The van der Waals surface area contributed by atoms with Gasteiger partial charge in [0, 0.05) is 6.20 Å². The molecule has 2 heterocycles. The van der Waals surface area contributed by atoms with E-state index in [-0.39, 0.29) is 5.97 Å². The lowest BCUT2D eigenvalue weighted by atomic mass is 10.3. The van der Waals surface area contributed by atoms with Crippen molar-refractivity contribution in [2.75, 3.05) is 7.11 Å². The summed E-state index contributed by atoms with van der Waals surface area (Å²) in [6.45, 7) is 0. The highest BCUT2D eigenvalue weighted by molar-refractivity contribution is 7.20. The first kappa shape index (κ1) is 11.0. The van der Waals surface area contributed by atoms with Crippen molar-refractivity contribution in [3.63, 3.8) is 0 Å². The van der Waals surface area contributed by atoms with Crippen LogP contribution in [0.4, 0.5) is 0 Å². The largest absolute Gasteiger partial charge is 0.465 e. The SMILES string of the molecule is COC(=O)c1cc2nn(-c3ccccc3)cc2s1. The Morgan fingerprint density at radius 2 is 2.11 bits per heavy atom. The van der Waals surface area contributed by atoms with E-state index in [1.165, 1.54) is 18.4 Å². The number of hydrogen-bond donors (Lipinski definition) is 0. The maximum Gasteiger partial charge on any atom is 0.348 e. The van der Waals surface area contributed by atoms with Crippen LogP contribution in [0, 0.1) is 0 Å². The van der Waals surface area contributed by atoms with Crippen molar-refractivity contribution in [1.82, 2.24) is 9.78 Å². The zero-order chi connectivity index (χ0) is 12.5. The van der Waals surface area contributed by atoms with E-state index in [1.54, 1.807) is 6.07 Å². The van der Waals surface area contributed by atoms with Crippen molar-refractivity contribution < 1.29 is 9.53 Å². The van der Waals surface area contributed by atoms with E-state index in [9.17, 15) is 4.79 Å². The number of benzene rings is 1. The summed E-state index contributed by atoms with van der Waals surface area (Å²) in [5, 5.41) is 4.44. The fourth-order valence-corrected chi connectivity index (χ4v) is 2.67. The lowest BCUT2D eigenvalue weighted by Crippen LogP contribution is -1.97. The second-order valence-electron chi connectivity index (χ2n) is 3.76. The Hall–Kier alpha value is -2.14. The Morgan fingerprint density at radius 1 is 1.33 bits per heavy atom. The molecule has 0 fully saturated rings. The zero-order valence-corrected chi connectivity index (χ0v) is 10.5. The Labute approximate surface area is 107 Å². The number of rotatable bonds is 2. The lowest BCUT2D eigenvalue weighted by molar-refractivity contribution is 0.0606. The minimum atomic E-state index is -0.315. The number of methoxy groups -OCH3 is 1. The second kappa shape index (κ2) is 4.27. The molecule has 0 amide bonds. The number of carbonyl (C=O) groups is 1. The van der Waals surface area contributed by atoms with Crippen LogP contribution in [0.3, 0.4) is 0 Å². The summed E-state index contributed by atoms with van der Waals surface area (Å²) < 4.78 is 7.47. The van der Waals surface area contributed by atoms with E-state index in [0.717, 1.165) is 15.9 Å². The van der Waals surface area contributed by atoms with Gasteiger partial charge in [0.1, 0.15) is 10.4 Å². The van der Waals surface area contributed by atoms with Crippen molar-refractivity contribution in [2.45, 2.75) is 0 Å². The molecular formula is C13H10N2O2S. The third-order valence-corrected chi connectivity index (χ3v) is 3.64. The van der Waals surface area contributed by atoms with E-state index < -0.39 is 0 Å². The highest BCUT2D eigenvalue weighted by Gasteiger charge is 2.13. The van der Waals surface area contributed by atoms with E-state index in [4.69, 9.17) is 0 Å². The molecule has 0 atom stereocenters. The third-order valence-electron chi connectivity index (χ3n) is 2.60. The van der Waals surface area contributed by atoms with E-state index in [2.05, 4.69) is 9.84 Å². The summed E-state index contributed by atoms with van der Waals surface area (Å²) in [5.41, 5.74) is 1.81. The molecule has 0 N–H and O–H groups in total. The second-order valence-corrected chi connectivity index (χ2v) is 4.84. The van der Waals surface area contributed by atoms with Crippen LogP contribution < -0.4 is 0 Å². The summed E-state index contributed by atoms with van der Waals surface area (Å²) in [4.78, 5) is 12.0. The molecule has 0 saturated heterocycles. The molecule has 0 unspecified atom stereocenters. The molecule has 18 heavy (non-hydrogen) atoms. The van der Waals surface area contributed by atoms with E-state index in [1.807, 2.05) is 41.2 Å². The standard InChI is InChI=1S/C13H10N2O2S/c1-17-13(16)11-7-10-12(18-11)8-15(14-10)9-5-3-2-4-6-9/h2-8H,1H3. The maximum atomic E-state index is 11.4. The van der Waals surface area contributed by atoms with Crippen LogP contribution >= 0.6 is 11.3 Å². The number of esters is 1. The van der Waals surface area contributed by atoms with Gasteiger partial charge < -0.3 is 4.74 Å². The number of fused-ring (bicyclic) bond motifs is 1. The number of aromatic nitrogens is 2. The number of thiophene rings is 1. The smallest absolute Gasteiger partial charge is 0.348 e. The molecule has 0 bridgehead atoms. The van der Waals surface area contributed by atoms with Gasteiger partial charge in [-0.05, 0) is 18.2 Å². The first-order chi connectivity index (χ1) is 8.78. The predicted octanol–water partition coefficient (Wildman–Crippen LogP) is 2.87. The Bertz CT molecular complexity index is 669. The van der Waals surface area contributed by atoms with Crippen molar-refractivity contribution in [3.8, 4) is 5.69 Å². The van der Waals surface area contributed by atoms with Crippen LogP contribution in [-0.4, -0.2) is 22.9 Å². The van der Waals surface area contributed by atoms with Crippen molar-refractivity contribution in [2.24, 2.45) is 0 Å². The van der Waals surface area contributed by atoms with E-state index >= 15 is 0 Å². The fourth-order valence-electron chi connectivity index (χ4n) is 1.74. The molecule has 1 aromatic carbocycles. The van der Waals surface area contributed by atoms with Crippen LogP contribution in [0.25, 0.3) is 15.9 Å². The summed E-state index contributed by atoms with van der Waals surface area (Å²) >= 11 is 1.39. The average Bonchev–Trinajstić information content (AvgIpc) is 2.97. The topological polar surface area (TPSA) is 44.1 Å². The number of ether oxygens (including phenoxy) is 1. The lowest BCUT2D eigenvalue weighted by Gasteiger charge is -1.98. The molecule has 2 aromatic heterocycles. The summed E-state index contributed by atoms with van der Waals surface area (Å²) in [6.07, 6.45) is 1.92. The molecule has 3 aromatic rings. The minimum absolute atomic E-state index is 0.315. The molecule has 0 spiro atoms. The average molecular weight is 258 g/mol. The monoisotopic (exact) mass is 258 g/mol. The fraction of sp³-hybridized carbons (Fsp3) is 0.0769. The molecule has 0 saturated carbocycles. The minimum Gasteiger partial charge on any atom is -0.465 e. The van der Waals surface area contributed by atoms with Crippen LogP contribution in [0.1, 0.15) is 9.67 Å². The Morgan fingerprint density at radius 3 is 2.78 bits per heavy atom. The molecular weight excluding hydrogens is 248 g/mol. The molecule has 0 aliphatic carbocycles. The van der Waals surface area contributed by atoms with Gasteiger partial charge in [-0.2, -0.15) is 5.10 Å². The number of hydrogen-bond acceptors (Lipinski definition) is 4. The van der Waals surface area contributed by atoms with Crippen LogP contribution in [0.5, 0.6) is 0 Å². The van der Waals surface area contributed by atoms with Crippen LogP contribution in [-0.2, 0) is 4.74 Å². The first-order valence-electron chi connectivity index (χ1n) is 5.41. The molecule has 0 aliphatic heterocycles. The summed E-state index contributed by atoms with van der Waals surface area (Å²) in [5.74, 6) is -0.315. The molecule has 0 radical (unpaired) electrons. The van der Waals surface area contributed by atoms with Gasteiger partial charge in [-0.25, -0.2) is 9.48 Å². The molecule has 0 aliphatic rings. The quantitative estimate of drug-likeness (QED) is 0.664. The zero-order valence-electron chi connectivity index (χ0n) is 9.66. The Kier molecular flexibility index (Phi) is 2.60. The maximum absolute atomic E-state index is 11.4. The van der Waals surface area contributed by atoms with Gasteiger partial charge >= 0.3 is 5.97 Å². The van der Waals surface area contributed by atoms with Gasteiger partial charge in [0.15, 0.2) is 0 Å². The van der Waals surface area contributed by atoms with Crippen molar-refractivity contribution in [1.29, 1.82) is 0 Å². The normalized spacial score (nSPS) is 10.7. The van der Waals surface area contributed by atoms with Crippen molar-refractivity contribution >= 4 is 27.5 Å². The van der Waals surface area contributed by atoms with Crippen LogP contribution in [0.15, 0.2) is 42.6 Å². The first-order valence-corrected chi connectivity index (χ1v) is 6.22. The third kappa shape index (κ3) is 1.78. The van der Waals surface area contributed by atoms with Crippen molar-refractivity contribution in [3.05, 3.63) is 47.5 Å². The van der Waals surface area contributed by atoms with Gasteiger partial charge in [-0.1, -0.05) is 18.2 Å². The summed E-state index contributed by atoms with van der Waals surface area (Å²) in [7, 11) is 1.38. The highest BCUT2D eigenvalue weighted by atomic mass is 32.1. The number of nitrogens with zero attached hydrogens (tertiary/aromatic N) is 2. The van der Waals surface area contributed by atoms with E-state index in [0.29, 0.717) is 4.88 Å².